The van der Waals surface area contributed by atoms with E-state index in [1.165, 1.54) is 12.1 Å². The molecular weight excluding hydrogens is 240 g/mol. The number of anilines is 1. The second kappa shape index (κ2) is 4.56. The molecule has 1 saturated heterocycles. The monoisotopic (exact) mass is 248 g/mol. The van der Waals surface area contributed by atoms with Crippen LogP contribution >= 0.6 is 11.6 Å². The average Bonchev–Trinajstić information content (AvgIpc) is 2.29. The van der Waals surface area contributed by atoms with E-state index in [1.54, 1.807) is 6.07 Å². The number of imide groups is 1. The van der Waals surface area contributed by atoms with Crippen LogP contribution in [0.15, 0.2) is 18.2 Å². The molecule has 0 bridgehead atoms. The second-order valence-electron chi connectivity index (χ2n) is 3.75. The topological polar surface area (TPSA) is 61.2 Å². The van der Waals surface area contributed by atoms with Crippen LogP contribution in [0.1, 0.15) is 24.8 Å². The van der Waals surface area contributed by atoms with Crippen molar-refractivity contribution in [1.29, 1.82) is 5.26 Å². The van der Waals surface area contributed by atoms with Crippen molar-refractivity contribution < 1.29 is 9.59 Å². The number of halogens is 1. The maximum Gasteiger partial charge on any atom is 0.233 e. The minimum Gasteiger partial charge on any atom is -0.274 e. The van der Waals surface area contributed by atoms with Crippen LogP contribution in [0.25, 0.3) is 0 Å². The fraction of sp³-hybridized carbons (Fsp3) is 0.250. The van der Waals surface area contributed by atoms with Crippen LogP contribution in [0.3, 0.4) is 0 Å². The molecule has 1 aromatic carbocycles. The maximum atomic E-state index is 11.7. The Hall–Kier alpha value is -1.86. The Labute approximate surface area is 103 Å². The van der Waals surface area contributed by atoms with E-state index in [-0.39, 0.29) is 16.8 Å². The van der Waals surface area contributed by atoms with Crippen LogP contribution in [0.5, 0.6) is 0 Å². The van der Waals surface area contributed by atoms with Gasteiger partial charge in [-0.15, -0.1) is 0 Å². The molecule has 0 aromatic heterocycles. The van der Waals surface area contributed by atoms with Crippen molar-refractivity contribution >= 4 is 29.1 Å². The van der Waals surface area contributed by atoms with Gasteiger partial charge in [0.25, 0.3) is 0 Å². The van der Waals surface area contributed by atoms with Crippen molar-refractivity contribution in [1.82, 2.24) is 0 Å². The van der Waals surface area contributed by atoms with Crippen molar-refractivity contribution in [2.75, 3.05) is 4.90 Å². The molecular formula is C12H9ClN2O2. The molecule has 1 heterocycles. The van der Waals surface area contributed by atoms with Crippen molar-refractivity contribution in [2.24, 2.45) is 0 Å². The van der Waals surface area contributed by atoms with Gasteiger partial charge in [0.1, 0.15) is 6.07 Å². The summed E-state index contributed by atoms with van der Waals surface area (Å²) in [5, 5.41) is 8.99. The Morgan fingerprint density at radius 2 is 1.88 bits per heavy atom. The number of carbonyl (C=O) groups excluding carboxylic acids is 2. The third kappa shape index (κ3) is 2.15. The molecule has 0 saturated carbocycles. The fourth-order valence-corrected chi connectivity index (χ4v) is 1.99. The number of amides is 2. The fourth-order valence-electron chi connectivity index (χ4n) is 1.78. The zero-order valence-corrected chi connectivity index (χ0v) is 9.70. The number of benzene rings is 1. The van der Waals surface area contributed by atoms with E-state index < -0.39 is 0 Å². The SMILES string of the molecule is N#Cc1ccc(N2C(=O)CCCC2=O)cc1Cl. The zero-order valence-electron chi connectivity index (χ0n) is 8.94. The molecule has 2 amide bonds. The van der Waals surface area contributed by atoms with E-state index >= 15 is 0 Å². The van der Waals surface area contributed by atoms with Crippen LogP contribution < -0.4 is 4.90 Å². The van der Waals surface area contributed by atoms with Gasteiger partial charge >= 0.3 is 0 Å². The Balaban J connectivity index is 2.40. The molecule has 4 nitrogen and oxygen atoms in total. The molecule has 17 heavy (non-hydrogen) atoms. The summed E-state index contributed by atoms with van der Waals surface area (Å²) in [6, 6.07) is 6.47. The Morgan fingerprint density at radius 1 is 1.24 bits per heavy atom. The summed E-state index contributed by atoms with van der Waals surface area (Å²) in [4.78, 5) is 24.5. The first-order chi connectivity index (χ1) is 8.13. The van der Waals surface area contributed by atoms with Crippen molar-refractivity contribution in [3.8, 4) is 6.07 Å². The third-order valence-corrected chi connectivity index (χ3v) is 2.92. The second-order valence-corrected chi connectivity index (χ2v) is 4.16. The minimum absolute atomic E-state index is 0.220. The molecule has 0 aliphatic carbocycles. The molecule has 1 aliphatic heterocycles. The van der Waals surface area contributed by atoms with Crippen LogP contribution in [0.2, 0.25) is 5.02 Å². The van der Waals surface area contributed by atoms with Crippen molar-refractivity contribution in [3.05, 3.63) is 28.8 Å². The summed E-state index contributed by atoms with van der Waals surface area (Å²) in [5.41, 5.74) is 0.760. The molecule has 0 atom stereocenters. The molecule has 0 N–H and O–H groups in total. The molecule has 0 unspecified atom stereocenters. The van der Waals surface area contributed by atoms with Gasteiger partial charge in [-0.05, 0) is 24.6 Å². The van der Waals surface area contributed by atoms with Crippen LogP contribution in [0, 0.1) is 11.3 Å². The van der Waals surface area contributed by atoms with Crippen LogP contribution in [-0.2, 0) is 9.59 Å². The van der Waals surface area contributed by atoms with E-state index in [1.807, 2.05) is 6.07 Å². The first-order valence-corrected chi connectivity index (χ1v) is 5.56. The van der Waals surface area contributed by atoms with E-state index in [0.717, 1.165) is 4.90 Å². The quantitative estimate of drug-likeness (QED) is 0.716. The molecule has 1 fully saturated rings. The Morgan fingerprint density at radius 3 is 2.41 bits per heavy atom. The normalized spacial score (nSPS) is 15.9. The number of nitrogens with zero attached hydrogens (tertiary/aromatic N) is 2. The molecule has 5 heteroatoms. The van der Waals surface area contributed by atoms with Gasteiger partial charge in [0.05, 0.1) is 16.3 Å². The van der Waals surface area contributed by atoms with E-state index in [9.17, 15) is 9.59 Å². The lowest BCUT2D eigenvalue weighted by Crippen LogP contribution is -2.40. The molecule has 0 radical (unpaired) electrons. The van der Waals surface area contributed by atoms with E-state index in [4.69, 9.17) is 16.9 Å². The van der Waals surface area contributed by atoms with Gasteiger partial charge in [0, 0.05) is 12.8 Å². The highest BCUT2D eigenvalue weighted by atomic mass is 35.5. The van der Waals surface area contributed by atoms with E-state index in [2.05, 4.69) is 0 Å². The molecule has 2 rings (SSSR count). The predicted molar refractivity (Wildman–Crippen MR) is 62.5 cm³/mol. The van der Waals surface area contributed by atoms with Crippen LogP contribution in [0.4, 0.5) is 5.69 Å². The molecule has 0 spiro atoms. The highest BCUT2D eigenvalue weighted by Crippen LogP contribution is 2.26. The number of nitriles is 1. The summed E-state index contributed by atoms with van der Waals surface area (Å²) >= 11 is 5.87. The minimum atomic E-state index is -0.220. The van der Waals surface area contributed by atoms with E-state index in [0.29, 0.717) is 30.5 Å². The summed E-state index contributed by atoms with van der Waals surface area (Å²) in [7, 11) is 0. The highest BCUT2D eigenvalue weighted by molar-refractivity contribution is 6.32. The van der Waals surface area contributed by atoms with Gasteiger partial charge in [-0.25, -0.2) is 0 Å². The molecule has 1 aliphatic rings. The maximum absolute atomic E-state index is 11.7. The summed E-state index contributed by atoms with van der Waals surface area (Å²) in [6.07, 6.45) is 1.32. The lowest BCUT2D eigenvalue weighted by molar-refractivity contribution is -0.129. The number of carbonyl (C=O) groups is 2. The smallest absolute Gasteiger partial charge is 0.233 e. The Kier molecular flexibility index (Phi) is 3.12. The number of rotatable bonds is 1. The number of piperidine rings is 1. The summed E-state index contributed by atoms with van der Waals surface area (Å²) in [6.45, 7) is 0. The van der Waals surface area contributed by atoms with Gasteiger partial charge in [-0.2, -0.15) is 5.26 Å². The highest BCUT2D eigenvalue weighted by Gasteiger charge is 2.27. The lowest BCUT2D eigenvalue weighted by atomic mass is 10.1. The first-order valence-electron chi connectivity index (χ1n) is 5.19. The predicted octanol–water partition coefficient (Wildman–Crippen LogP) is 2.26. The number of hydrogen-bond acceptors (Lipinski definition) is 3. The largest absolute Gasteiger partial charge is 0.274 e. The van der Waals surface area contributed by atoms with Crippen molar-refractivity contribution in [3.63, 3.8) is 0 Å². The van der Waals surface area contributed by atoms with Gasteiger partial charge in [0.2, 0.25) is 11.8 Å². The van der Waals surface area contributed by atoms with Gasteiger partial charge in [-0.1, -0.05) is 11.6 Å². The Bertz CT molecular complexity index is 518. The average molecular weight is 249 g/mol. The summed E-state index contributed by atoms with van der Waals surface area (Å²) < 4.78 is 0. The third-order valence-electron chi connectivity index (χ3n) is 2.61. The lowest BCUT2D eigenvalue weighted by Gasteiger charge is -2.25. The number of hydrogen-bond donors (Lipinski definition) is 0. The molecule has 86 valence electrons. The van der Waals surface area contributed by atoms with Gasteiger partial charge in [0.15, 0.2) is 0 Å². The van der Waals surface area contributed by atoms with Crippen molar-refractivity contribution in [2.45, 2.75) is 19.3 Å². The van der Waals surface area contributed by atoms with Gasteiger partial charge < -0.3 is 0 Å². The zero-order chi connectivity index (χ0) is 12.4. The standard InChI is InChI=1S/C12H9ClN2O2/c13-10-6-9(5-4-8(10)7-14)15-11(16)2-1-3-12(15)17/h4-6H,1-3H2. The summed E-state index contributed by atoms with van der Waals surface area (Å²) in [5.74, 6) is -0.441. The first kappa shape index (κ1) is 11.6. The molecule has 1 aromatic rings. The van der Waals surface area contributed by atoms with Gasteiger partial charge in [-0.3, -0.25) is 14.5 Å². The van der Waals surface area contributed by atoms with Crippen LogP contribution in [-0.4, -0.2) is 11.8 Å².